The zero-order valence-electron chi connectivity index (χ0n) is 7.94. The van der Waals surface area contributed by atoms with Gasteiger partial charge in [-0.25, -0.2) is 8.42 Å². The molecule has 0 amide bonds. The minimum atomic E-state index is -2.86. The molecule has 0 aromatic rings. The predicted molar refractivity (Wildman–Crippen MR) is 51.4 cm³/mol. The molecule has 1 aliphatic rings. The minimum Gasteiger partial charge on any atom is -0.392 e. The van der Waals surface area contributed by atoms with Crippen LogP contribution in [0.3, 0.4) is 0 Å². The SMILES string of the molecule is CS(=O)(=O)CCN1CCCC(O)C1. The number of β-amino-alcohol motifs (C(OH)–C–C–N with tert-alkyl or cyclic N) is 1. The maximum absolute atomic E-state index is 10.9. The monoisotopic (exact) mass is 207 g/mol. The molecule has 0 bridgehead atoms. The molecule has 1 atom stereocenters. The molecule has 0 aromatic carbocycles. The summed E-state index contributed by atoms with van der Waals surface area (Å²) in [4.78, 5) is 2.01. The zero-order valence-corrected chi connectivity index (χ0v) is 8.76. The highest BCUT2D eigenvalue weighted by Gasteiger charge is 2.18. The smallest absolute Gasteiger partial charge is 0.148 e. The first-order chi connectivity index (χ1) is 5.97. The highest BCUT2D eigenvalue weighted by molar-refractivity contribution is 7.90. The van der Waals surface area contributed by atoms with E-state index < -0.39 is 9.84 Å². The van der Waals surface area contributed by atoms with Gasteiger partial charge in [-0.3, -0.25) is 4.90 Å². The van der Waals surface area contributed by atoms with Crippen molar-refractivity contribution in [3.8, 4) is 0 Å². The number of hydrogen-bond donors (Lipinski definition) is 1. The number of aliphatic hydroxyl groups excluding tert-OH is 1. The van der Waals surface area contributed by atoms with E-state index in [1.807, 2.05) is 4.90 Å². The number of nitrogens with zero attached hydrogens (tertiary/aromatic N) is 1. The molecule has 78 valence electrons. The van der Waals surface area contributed by atoms with Crippen LogP contribution in [0, 0.1) is 0 Å². The summed E-state index contributed by atoms with van der Waals surface area (Å²) in [5.74, 6) is 0.194. The van der Waals surface area contributed by atoms with Gasteiger partial charge in [-0.15, -0.1) is 0 Å². The molecule has 1 aliphatic heterocycles. The molecule has 1 unspecified atom stereocenters. The molecule has 13 heavy (non-hydrogen) atoms. The average Bonchev–Trinajstić information content (AvgIpc) is 2.00. The van der Waals surface area contributed by atoms with Crippen LogP contribution >= 0.6 is 0 Å². The van der Waals surface area contributed by atoms with E-state index in [0.29, 0.717) is 13.1 Å². The maximum atomic E-state index is 10.9. The number of hydrogen-bond acceptors (Lipinski definition) is 4. The average molecular weight is 207 g/mol. The first kappa shape index (κ1) is 10.9. The fraction of sp³-hybridized carbons (Fsp3) is 1.00. The van der Waals surface area contributed by atoms with Crippen LogP contribution in [0.25, 0.3) is 0 Å². The van der Waals surface area contributed by atoms with Gasteiger partial charge in [-0.1, -0.05) is 0 Å². The highest BCUT2D eigenvalue weighted by atomic mass is 32.2. The van der Waals surface area contributed by atoms with Gasteiger partial charge in [0.25, 0.3) is 0 Å². The van der Waals surface area contributed by atoms with E-state index in [1.54, 1.807) is 0 Å². The molecule has 1 N–H and O–H groups in total. The van der Waals surface area contributed by atoms with Crippen molar-refractivity contribution in [3.05, 3.63) is 0 Å². The van der Waals surface area contributed by atoms with Crippen LogP contribution in [-0.2, 0) is 9.84 Å². The zero-order chi connectivity index (χ0) is 9.90. The van der Waals surface area contributed by atoms with Gasteiger partial charge in [0, 0.05) is 19.3 Å². The van der Waals surface area contributed by atoms with Crippen LogP contribution in [-0.4, -0.2) is 56.2 Å². The molecule has 1 saturated heterocycles. The first-order valence-corrected chi connectivity index (χ1v) is 6.61. The molecule has 1 heterocycles. The Morgan fingerprint density at radius 2 is 2.23 bits per heavy atom. The Morgan fingerprint density at radius 1 is 1.54 bits per heavy atom. The molecule has 1 rings (SSSR count). The second kappa shape index (κ2) is 4.39. The molecular weight excluding hydrogens is 190 g/mol. The number of sulfone groups is 1. The lowest BCUT2D eigenvalue weighted by Gasteiger charge is -2.29. The topological polar surface area (TPSA) is 57.6 Å². The van der Waals surface area contributed by atoms with Crippen molar-refractivity contribution in [2.24, 2.45) is 0 Å². The van der Waals surface area contributed by atoms with Gasteiger partial charge in [0.15, 0.2) is 0 Å². The van der Waals surface area contributed by atoms with Gasteiger partial charge in [0.2, 0.25) is 0 Å². The fourth-order valence-corrected chi connectivity index (χ4v) is 2.12. The maximum Gasteiger partial charge on any atom is 0.148 e. The van der Waals surface area contributed by atoms with Crippen LogP contribution in [0.15, 0.2) is 0 Å². The van der Waals surface area contributed by atoms with Gasteiger partial charge < -0.3 is 5.11 Å². The third-order valence-electron chi connectivity index (χ3n) is 2.26. The van der Waals surface area contributed by atoms with Crippen molar-refractivity contribution in [1.29, 1.82) is 0 Å². The molecule has 5 heteroatoms. The summed E-state index contributed by atoms with van der Waals surface area (Å²) in [6.45, 7) is 2.08. The Kier molecular flexibility index (Phi) is 3.70. The third kappa shape index (κ3) is 4.59. The van der Waals surface area contributed by atoms with E-state index in [2.05, 4.69) is 0 Å². The van der Waals surface area contributed by atoms with E-state index in [9.17, 15) is 13.5 Å². The van der Waals surface area contributed by atoms with Crippen molar-refractivity contribution in [2.75, 3.05) is 31.6 Å². The normalized spacial score (nSPS) is 26.2. The summed E-state index contributed by atoms with van der Waals surface area (Å²) in [7, 11) is -2.86. The molecular formula is C8H17NO3S. The van der Waals surface area contributed by atoms with Crippen molar-refractivity contribution in [1.82, 2.24) is 4.90 Å². The molecule has 0 aromatic heterocycles. The van der Waals surface area contributed by atoms with Crippen LogP contribution in [0.4, 0.5) is 0 Å². The Hall–Kier alpha value is -0.130. The summed E-state index contributed by atoms with van der Waals surface area (Å²) in [6, 6.07) is 0. The molecule has 0 saturated carbocycles. The lowest BCUT2D eigenvalue weighted by molar-refractivity contribution is 0.0741. The van der Waals surface area contributed by atoms with Crippen LogP contribution in [0.1, 0.15) is 12.8 Å². The van der Waals surface area contributed by atoms with Gasteiger partial charge >= 0.3 is 0 Å². The van der Waals surface area contributed by atoms with Gasteiger partial charge in [0.1, 0.15) is 9.84 Å². The number of likely N-dealkylation sites (tertiary alicyclic amines) is 1. The Morgan fingerprint density at radius 3 is 2.77 bits per heavy atom. The summed E-state index contributed by atoms with van der Waals surface area (Å²) < 4.78 is 21.7. The Labute approximate surface area is 79.5 Å². The van der Waals surface area contributed by atoms with Crippen molar-refractivity contribution >= 4 is 9.84 Å². The van der Waals surface area contributed by atoms with Crippen LogP contribution in [0.5, 0.6) is 0 Å². The minimum absolute atomic E-state index is 0.194. The largest absolute Gasteiger partial charge is 0.392 e. The fourth-order valence-electron chi connectivity index (χ4n) is 1.53. The summed E-state index contributed by atoms with van der Waals surface area (Å²) in [5.41, 5.74) is 0. The third-order valence-corrected chi connectivity index (χ3v) is 3.18. The highest BCUT2D eigenvalue weighted by Crippen LogP contribution is 2.09. The number of piperidine rings is 1. The summed E-state index contributed by atoms with van der Waals surface area (Å²) in [5, 5.41) is 9.32. The van der Waals surface area contributed by atoms with E-state index in [-0.39, 0.29) is 11.9 Å². The van der Waals surface area contributed by atoms with Crippen LogP contribution < -0.4 is 0 Å². The Balaban J connectivity index is 2.29. The quantitative estimate of drug-likeness (QED) is 0.677. The number of rotatable bonds is 3. The van der Waals surface area contributed by atoms with E-state index >= 15 is 0 Å². The molecule has 0 spiro atoms. The molecule has 0 radical (unpaired) electrons. The predicted octanol–water partition coefficient (Wildman–Crippen LogP) is -0.512. The molecule has 0 aliphatic carbocycles. The summed E-state index contributed by atoms with van der Waals surface area (Å²) >= 11 is 0. The van der Waals surface area contributed by atoms with Crippen LogP contribution in [0.2, 0.25) is 0 Å². The van der Waals surface area contributed by atoms with Gasteiger partial charge in [-0.2, -0.15) is 0 Å². The van der Waals surface area contributed by atoms with E-state index in [4.69, 9.17) is 0 Å². The lowest BCUT2D eigenvalue weighted by Crippen LogP contribution is -2.40. The van der Waals surface area contributed by atoms with Gasteiger partial charge in [0.05, 0.1) is 11.9 Å². The standard InChI is InChI=1S/C8H17NO3S/c1-13(11,12)6-5-9-4-2-3-8(10)7-9/h8,10H,2-7H2,1H3. The van der Waals surface area contributed by atoms with E-state index in [0.717, 1.165) is 19.4 Å². The van der Waals surface area contributed by atoms with Crippen molar-refractivity contribution in [3.63, 3.8) is 0 Å². The summed E-state index contributed by atoms with van der Waals surface area (Å²) in [6.07, 6.45) is 2.78. The van der Waals surface area contributed by atoms with Crippen molar-refractivity contribution in [2.45, 2.75) is 18.9 Å². The lowest BCUT2D eigenvalue weighted by atomic mass is 10.1. The molecule has 1 fully saturated rings. The second-order valence-electron chi connectivity index (χ2n) is 3.73. The van der Waals surface area contributed by atoms with Gasteiger partial charge in [-0.05, 0) is 19.4 Å². The first-order valence-electron chi connectivity index (χ1n) is 4.55. The molecule has 4 nitrogen and oxygen atoms in total. The van der Waals surface area contributed by atoms with E-state index in [1.165, 1.54) is 6.26 Å². The Bertz CT molecular complexity index is 250. The number of aliphatic hydroxyl groups is 1. The van der Waals surface area contributed by atoms with Crippen molar-refractivity contribution < 1.29 is 13.5 Å². The second-order valence-corrected chi connectivity index (χ2v) is 5.99.